The van der Waals surface area contributed by atoms with Crippen molar-refractivity contribution in [2.24, 2.45) is 0 Å². The molecule has 0 unspecified atom stereocenters. The standard InChI is InChI=1S/C20H20FN7O2/c1-12-16(10-27(26-12)5-6-29)15-9-23-20(28-11-24-25-19(15)28)22-8-14-13-4-7-30-18(13)3-2-17(14)21/h2-3,9-11,29H,4-8H2,1H3,(H,22,23). The number of halogens is 1. The number of hydrogen-bond acceptors (Lipinski definition) is 7. The third kappa shape index (κ3) is 3.05. The summed E-state index contributed by atoms with van der Waals surface area (Å²) in [6, 6.07) is 3.10. The molecule has 4 aromatic rings. The van der Waals surface area contributed by atoms with E-state index < -0.39 is 0 Å². The summed E-state index contributed by atoms with van der Waals surface area (Å²) < 4.78 is 23.4. The van der Waals surface area contributed by atoms with E-state index in [0.29, 0.717) is 36.7 Å². The Morgan fingerprint density at radius 3 is 3.07 bits per heavy atom. The van der Waals surface area contributed by atoms with E-state index >= 15 is 0 Å². The summed E-state index contributed by atoms with van der Waals surface area (Å²) in [5, 5.41) is 25.0. The fraction of sp³-hybridized carbons (Fsp3) is 0.300. The molecule has 1 aliphatic heterocycles. The first-order valence-corrected chi connectivity index (χ1v) is 9.66. The lowest BCUT2D eigenvalue weighted by Crippen LogP contribution is -2.09. The van der Waals surface area contributed by atoms with Crippen LogP contribution in [-0.2, 0) is 19.5 Å². The Bertz CT molecular complexity index is 1230. The van der Waals surface area contributed by atoms with Gasteiger partial charge in [-0.05, 0) is 19.1 Å². The van der Waals surface area contributed by atoms with Gasteiger partial charge in [-0.25, -0.2) is 9.37 Å². The summed E-state index contributed by atoms with van der Waals surface area (Å²) in [5.74, 6) is 0.978. The third-order valence-corrected chi connectivity index (χ3v) is 5.26. The quantitative estimate of drug-likeness (QED) is 0.502. The number of hydrogen-bond donors (Lipinski definition) is 2. The van der Waals surface area contributed by atoms with E-state index in [4.69, 9.17) is 9.84 Å². The fourth-order valence-corrected chi connectivity index (χ4v) is 3.81. The van der Waals surface area contributed by atoms with Crippen LogP contribution >= 0.6 is 0 Å². The summed E-state index contributed by atoms with van der Waals surface area (Å²) >= 11 is 0. The Morgan fingerprint density at radius 1 is 1.30 bits per heavy atom. The maximum Gasteiger partial charge on any atom is 0.210 e. The summed E-state index contributed by atoms with van der Waals surface area (Å²) in [6.45, 7) is 3.15. The average molecular weight is 409 g/mol. The number of aromatic nitrogens is 6. The molecule has 0 spiro atoms. The Kier molecular flexibility index (Phi) is 4.55. The first-order valence-electron chi connectivity index (χ1n) is 9.66. The number of aliphatic hydroxyl groups is 1. The first-order chi connectivity index (χ1) is 14.7. The zero-order chi connectivity index (χ0) is 20.7. The van der Waals surface area contributed by atoms with E-state index in [-0.39, 0.29) is 19.0 Å². The lowest BCUT2D eigenvalue weighted by Gasteiger charge is -2.12. The Morgan fingerprint density at radius 2 is 2.20 bits per heavy atom. The van der Waals surface area contributed by atoms with Crippen molar-refractivity contribution in [1.82, 2.24) is 29.4 Å². The van der Waals surface area contributed by atoms with Gasteiger partial charge in [-0.2, -0.15) is 5.10 Å². The normalized spacial score (nSPS) is 12.9. The molecule has 2 N–H and O–H groups in total. The zero-order valence-electron chi connectivity index (χ0n) is 16.3. The summed E-state index contributed by atoms with van der Waals surface area (Å²) in [7, 11) is 0. The lowest BCUT2D eigenvalue weighted by atomic mass is 10.0. The van der Waals surface area contributed by atoms with Crippen LogP contribution in [0.15, 0.2) is 30.9 Å². The van der Waals surface area contributed by atoms with Crippen LogP contribution in [0.1, 0.15) is 16.8 Å². The van der Waals surface area contributed by atoms with Gasteiger partial charge in [0.25, 0.3) is 0 Å². The molecule has 154 valence electrons. The number of nitrogens with one attached hydrogen (secondary N) is 1. The number of benzene rings is 1. The van der Waals surface area contributed by atoms with Crippen LogP contribution < -0.4 is 10.1 Å². The summed E-state index contributed by atoms with van der Waals surface area (Å²) in [4.78, 5) is 4.52. The van der Waals surface area contributed by atoms with E-state index in [1.165, 1.54) is 6.07 Å². The van der Waals surface area contributed by atoms with Gasteiger partial charge in [0.05, 0.1) is 25.5 Å². The second-order valence-electron chi connectivity index (χ2n) is 7.09. The molecular formula is C20H20FN7O2. The topological polar surface area (TPSA) is 102 Å². The Hall–Kier alpha value is -3.53. The zero-order valence-corrected chi connectivity index (χ0v) is 16.3. The maximum atomic E-state index is 14.4. The monoisotopic (exact) mass is 409 g/mol. The number of aryl methyl sites for hydroxylation is 1. The molecule has 3 aromatic heterocycles. The van der Waals surface area contributed by atoms with Gasteiger partial charge in [0.15, 0.2) is 5.65 Å². The van der Waals surface area contributed by atoms with Crippen LogP contribution in [0.3, 0.4) is 0 Å². The molecule has 0 aliphatic carbocycles. The van der Waals surface area contributed by atoms with Crippen molar-refractivity contribution in [2.45, 2.75) is 26.4 Å². The van der Waals surface area contributed by atoms with Crippen molar-refractivity contribution in [3.63, 3.8) is 0 Å². The van der Waals surface area contributed by atoms with Gasteiger partial charge in [-0.3, -0.25) is 9.08 Å². The van der Waals surface area contributed by atoms with Crippen LogP contribution in [0, 0.1) is 12.7 Å². The van der Waals surface area contributed by atoms with Crippen molar-refractivity contribution in [1.29, 1.82) is 0 Å². The molecule has 9 nitrogen and oxygen atoms in total. The van der Waals surface area contributed by atoms with Gasteiger partial charge in [-0.1, -0.05) is 0 Å². The molecule has 0 fully saturated rings. The van der Waals surface area contributed by atoms with Crippen molar-refractivity contribution in [2.75, 3.05) is 18.5 Å². The predicted octanol–water partition coefficient (Wildman–Crippen LogP) is 1.97. The average Bonchev–Trinajstić information content (AvgIpc) is 3.47. The highest BCUT2D eigenvalue weighted by atomic mass is 19.1. The number of anilines is 1. The molecule has 0 saturated carbocycles. The van der Waals surface area contributed by atoms with Gasteiger partial charge in [0.1, 0.15) is 17.9 Å². The molecule has 0 radical (unpaired) electrons. The number of nitrogens with zero attached hydrogens (tertiary/aromatic N) is 6. The molecule has 0 atom stereocenters. The van der Waals surface area contributed by atoms with Crippen molar-refractivity contribution in [3.05, 3.63) is 53.5 Å². The molecule has 1 aromatic carbocycles. The van der Waals surface area contributed by atoms with E-state index in [1.807, 2.05) is 13.1 Å². The first kappa shape index (κ1) is 18.5. The largest absolute Gasteiger partial charge is 0.493 e. The van der Waals surface area contributed by atoms with Gasteiger partial charge in [0, 0.05) is 47.6 Å². The van der Waals surface area contributed by atoms with Gasteiger partial charge in [0.2, 0.25) is 5.95 Å². The SMILES string of the molecule is Cc1nn(CCO)cc1-c1cnc(NCc2c(F)ccc3c2CCO3)n2cnnc12. The van der Waals surface area contributed by atoms with Crippen LogP contribution in [0.25, 0.3) is 16.8 Å². The molecule has 10 heteroatoms. The highest BCUT2D eigenvalue weighted by molar-refractivity contribution is 5.78. The minimum atomic E-state index is -0.268. The van der Waals surface area contributed by atoms with Gasteiger partial charge >= 0.3 is 0 Å². The second-order valence-corrected chi connectivity index (χ2v) is 7.09. The second kappa shape index (κ2) is 7.38. The van der Waals surface area contributed by atoms with E-state index in [0.717, 1.165) is 28.1 Å². The van der Waals surface area contributed by atoms with Gasteiger partial charge in [-0.15, -0.1) is 10.2 Å². The van der Waals surface area contributed by atoms with Crippen LogP contribution in [-0.4, -0.2) is 47.7 Å². The molecular weight excluding hydrogens is 389 g/mol. The fourth-order valence-electron chi connectivity index (χ4n) is 3.81. The Balaban J connectivity index is 1.48. The van der Waals surface area contributed by atoms with E-state index in [2.05, 4.69) is 25.6 Å². The number of aliphatic hydroxyl groups excluding tert-OH is 1. The van der Waals surface area contributed by atoms with Crippen molar-refractivity contribution < 1.29 is 14.2 Å². The highest BCUT2D eigenvalue weighted by Crippen LogP contribution is 2.31. The molecule has 4 heterocycles. The minimum Gasteiger partial charge on any atom is -0.493 e. The smallest absolute Gasteiger partial charge is 0.210 e. The number of rotatable bonds is 6. The molecule has 1 aliphatic rings. The van der Waals surface area contributed by atoms with Crippen LogP contribution in [0.4, 0.5) is 10.3 Å². The predicted molar refractivity (Wildman–Crippen MR) is 107 cm³/mol. The maximum absolute atomic E-state index is 14.4. The molecule has 0 saturated heterocycles. The van der Waals surface area contributed by atoms with Crippen molar-refractivity contribution in [3.8, 4) is 16.9 Å². The van der Waals surface area contributed by atoms with Crippen molar-refractivity contribution >= 4 is 11.6 Å². The van der Waals surface area contributed by atoms with Gasteiger partial charge < -0.3 is 15.2 Å². The lowest BCUT2D eigenvalue weighted by molar-refractivity contribution is 0.269. The molecule has 30 heavy (non-hydrogen) atoms. The molecule has 0 bridgehead atoms. The summed E-state index contributed by atoms with van der Waals surface area (Å²) in [6.07, 6.45) is 5.81. The molecule has 0 amide bonds. The van der Waals surface area contributed by atoms with E-state index in [1.54, 1.807) is 27.7 Å². The van der Waals surface area contributed by atoms with E-state index in [9.17, 15) is 4.39 Å². The number of fused-ring (bicyclic) bond motifs is 2. The third-order valence-electron chi connectivity index (χ3n) is 5.26. The van der Waals surface area contributed by atoms with Crippen LogP contribution in [0.2, 0.25) is 0 Å². The Labute approximate surface area is 171 Å². The minimum absolute atomic E-state index is 0.00675. The summed E-state index contributed by atoms with van der Waals surface area (Å²) in [5.41, 5.74) is 4.53. The molecule has 5 rings (SSSR count). The highest BCUT2D eigenvalue weighted by Gasteiger charge is 2.20. The van der Waals surface area contributed by atoms with Crippen LogP contribution in [0.5, 0.6) is 5.75 Å². The number of ether oxygens (including phenoxy) is 1.